The van der Waals surface area contributed by atoms with Crippen LogP contribution in [0.25, 0.3) is 0 Å². The summed E-state index contributed by atoms with van der Waals surface area (Å²) in [4.78, 5) is 8.52. The van der Waals surface area contributed by atoms with Gasteiger partial charge in [0.05, 0.1) is 0 Å². The fourth-order valence-corrected chi connectivity index (χ4v) is 1.92. The van der Waals surface area contributed by atoms with Gasteiger partial charge in [0.2, 0.25) is 5.88 Å². The first kappa shape index (κ1) is 13.8. The molecule has 0 fully saturated rings. The highest BCUT2D eigenvalue weighted by molar-refractivity contribution is 6.29. The molecule has 1 aromatic heterocycles. The first-order chi connectivity index (χ1) is 9.08. The van der Waals surface area contributed by atoms with Crippen molar-refractivity contribution in [3.8, 4) is 11.6 Å². The molecule has 0 aliphatic heterocycles. The van der Waals surface area contributed by atoms with Crippen molar-refractivity contribution in [2.75, 3.05) is 0 Å². The van der Waals surface area contributed by atoms with Gasteiger partial charge in [0.1, 0.15) is 16.7 Å². The number of nitrogens with zero attached hydrogens (tertiary/aromatic N) is 2. The van der Waals surface area contributed by atoms with Crippen molar-refractivity contribution >= 4 is 11.6 Å². The molecule has 4 heteroatoms. The molecule has 0 aliphatic carbocycles. The molecular weight excluding hydrogens is 260 g/mol. The molecule has 0 saturated heterocycles. The number of benzene rings is 1. The van der Waals surface area contributed by atoms with E-state index in [4.69, 9.17) is 16.3 Å². The molecule has 0 N–H and O–H groups in total. The number of rotatable bonds is 4. The first-order valence-electron chi connectivity index (χ1n) is 6.37. The number of ether oxygens (including phenoxy) is 1. The second-order valence-electron chi connectivity index (χ2n) is 4.54. The fraction of sp³-hybridized carbons (Fsp3) is 0.333. The Balaban J connectivity index is 2.24. The number of aryl methyl sites for hydroxylation is 3. The van der Waals surface area contributed by atoms with E-state index in [9.17, 15) is 0 Å². The van der Waals surface area contributed by atoms with Crippen molar-refractivity contribution < 1.29 is 4.74 Å². The average Bonchev–Trinajstić information content (AvgIpc) is 2.33. The van der Waals surface area contributed by atoms with Crippen LogP contribution < -0.4 is 4.74 Å². The van der Waals surface area contributed by atoms with Crippen LogP contribution in [-0.2, 0) is 6.42 Å². The van der Waals surface area contributed by atoms with E-state index in [0.717, 1.165) is 18.6 Å². The van der Waals surface area contributed by atoms with Gasteiger partial charge in [-0.05, 0) is 43.5 Å². The summed E-state index contributed by atoms with van der Waals surface area (Å²) in [7, 11) is 0. The van der Waals surface area contributed by atoms with Gasteiger partial charge in [0.25, 0.3) is 0 Å². The predicted molar refractivity (Wildman–Crippen MR) is 77.0 cm³/mol. The van der Waals surface area contributed by atoms with Gasteiger partial charge in [0, 0.05) is 12.5 Å². The van der Waals surface area contributed by atoms with Gasteiger partial charge >= 0.3 is 0 Å². The van der Waals surface area contributed by atoms with Crippen LogP contribution in [0.2, 0.25) is 5.15 Å². The zero-order chi connectivity index (χ0) is 13.8. The minimum Gasteiger partial charge on any atom is -0.439 e. The molecule has 0 aliphatic rings. The van der Waals surface area contributed by atoms with Gasteiger partial charge < -0.3 is 4.74 Å². The van der Waals surface area contributed by atoms with E-state index in [2.05, 4.69) is 30.7 Å². The summed E-state index contributed by atoms with van der Waals surface area (Å²) in [6, 6.07) is 7.58. The Morgan fingerprint density at radius 3 is 2.58 bits per heavy atom. The summed E-state index contributed by atoms with van der Waals surface area (Å²) in [5, 5.41) is 0.414. The highest BCUT2D eigenvalue weighted by atomic mass is 35.5. The summed E-state index contributed by atoms with van der Waals surface area (Å²) in [5.41, 5.74) is 2.42. The van der Waals surface area contributed by atoms with E-state index in [1.165, 1.54) is 11.1 Å². The lowest BCUT2D eigenvalue weighted by molar-refractivity contribution is 0.458. The third kappa shape index (κ3) is 3.67. The molecule has 100 valence electrons. The van der Waals surface area contributed by atoms with Crippen LogP contribution in [0, 0.1) is 13.8 Å². The molecule has 2 rings (SSSR count). The number of halogens is 1. The Morgan fingerprint density at radius 1 is 1.11 bits per heavy atom. The topological polar surface area (TPSA) is 35.0 Å². The second kappa shape index (κ2) is 6.02. The second-order valence-corrected chi connectivity index (χ2v) is 4.93. The van der Waals surface area contributed by atoms with Gasteiger partial charge in [0.15, 0.2) is 0 Å². The van der Waals surface area contributed by atoms with Crippen molar-refractivity contribution in [1.29, 1.82) is 0 Å². The van der Waals surface area contributed by atoms with E-state index < -0.39 is 0 Å². The monoisotopic (exact) mass is 276 g/mol. The van der Waals surface area contributed by atoms with Crippen molar-refractivity contribution in [2.45, 2.75) is 33.6 Å². The normalized spacial score (nSPS) is 10.5. The number of hydrogen-bond donors (Lipinski definition) is 0. The highest BCUT2D eigenvalue weighted by Crippen LogP contribution is 2.24. The molecule has 0 saturated carbocycles. The molecule has 0 spiro atoms. The molecule has 2 aromatic rings. The third-order valence-electron chi connectivity index (χ3n) is 2.89. The molecule has 1 aromatic carbocycles. The van der Waals surface area contributed by atoms with E-state index >= 15 is 0 Å². The summed E-state index contributed by atoms with van der Waals surface area (Å²) < 4.78 is 5.75. The Bertz CT molecular complexity index is 584. The third-order valence-corrected chi connectivity index (χ3v) is 3.09. The molecule has 1 heterocycles. The zero-order valence-electron chi connectivity index (χ0n) is 11.4. The molecular formula is C15H17ClN2O. The van der Waals surface area contributed by atoms with Crippen molar-refractivity contribution in [3.63, 3.8) is 0 Å². The lowest BCUT2D eigenvalue weighted by Crippen LogP contribution is -1.98. The summed E-state index contributed by atoms with van der Waals surface area (Å²) >= 11 is 5.98. The zero-order valence-corrected chi connectivity index (χ0v) is 12.2. The molecule has 3 nitrogen and oxygen atoms in total. The van der Waals surface area contributed by atoms with Gasteiger partial charge in [-0.2, -0.15) is 4.98 Å². The van der Waals surface area contributed by atoms with Crippen molar-refractivity contribution in [1.82, 2.24) is 9.97 Å². The fourth-order valence-electron chi connectivity index (χ4n) is 1.73. The minimum atomic E-state index is 0.414. The van der Waals surface area contributed by atoms with Crippen molar-refractivity contribution in [3.05, 3.63) is 46.4 Å². The summed E-state index contributed by atoms with van der Waals surface area (Å²) in [6.45, 7) is 6.20. The maximum Gasteiger partial charge on any atom is 0.224 e. The molecule has 0 amide bonds. The maximum atomic E-state index is 5.98. The molecule has 19 heavy (non-hydrogen) atoms. The summed E-state index contributed by atoms with van der Waals surface area (Å²) in [5.74, 6) is 1.97. The van der Waals surface area contributed by atoms with Gasteiger partial charge in [-0.25, -0.2) is 4.98 Å². The highest BCUT2D eigenvalue weighted by Gasteiger charge is 2.05. The van der Waals surface area contributed by atoms with E-state index in [-0.39, 0.29) is 0 Å². The Kier molecular flexibility index (Phi) is 4.38. The van der Waals surface area contributed by atoms with Crippen LogP contribution in [0.3, 0.4) is 0 Å². The van der Waals surface area contributed by atoms with E-state index in [1.54, 1.807) is 6.07 Å². The Labute approximate surface area is 118 Å². The quantitative estimate of drug-likeness (QED) is 0.772. The van der Waals surface area contributed by atoms with E-state index in [0.29, 0.717) is 16.9 Å². The van der Waals surface area contributed by atoms with Gasteiger partial charge in [-0.3, -0.25) is 0 Å². The number of aromatic nitrogens is 2. The molecule has 0 radical (unpaired) electrons. The molecule has 0 unspecified atom stereocenters. The smallest absolute Gasteiger partial charge is 0.224 e. The maximum absolute atomic E-state index is 5.98. The SMILES string of the molecule is CCCc1nc(Cl)cc(Oc2ccc(C)c(C)c2)n1. The predicted octanol–water partition coefficient (Wildman–Crippen LogP) is 4.49. The minimum absolute atomic E-state index is 0.414. The van der Waals surface area contributed by atoms with E-state index in [1.807, 2.05) is 18.2 Å². The van der Waals surface area contributed by atoms with Crippen LogP contribution in [0.15, 0.2) is 24.3 Å². The Hall–Kier alpha value is -1.61. The lowest BCUT2D eigenvalue weighted by atomic mass is 10.1. The average molecular weight is 277 g/mol. The molecule has 0 bridgehead atoms. The van der Waals surface area contributed by atoms with Crippen LogP contribution >= 0.6 is 11.6 Å². The summed E-state index contributed by atoms with van der Waals surface area (Å²) in [6.07, 6.45) is 1.77. The van der Waals surface area contributed by atoms with Crippen LogP contribution in [0.5, 0.6) is 11.6 Å². The first-order valence-corrected chi connectivity index (χ1v) is 6.75. The van der Waals surface area contributed by atoms with Gasteiger partial charge in [-0.1, -0.05) is 24.6 Å². The number of hydrogen-bond acceptors (Lipinski definition) is 3. The molecule has 0 atom stereocenters. The van der Waals surface area contributed by atoms with Crippen LogP contribution in [0.1, 0.15) is 30.3 Å². The van der Waals surface area contributed by atoms with Gasteiger partial charge in [-0.15, -0.1) is 0 Å². The largest absolute Gasteiger partial charge is 0.439 e. The lowest BCUT2D eigenvalue weighted by Gasteiger charge is -2.08. The van der Waals surface area contributed by atoms with Crippen LogP contribution in [-0.4, -0.2) is 9.97 Å². The van der Waals surface area contributed by atoms with Crippen molar-refractivity contribution in [2.24, 2.45) is 0 Å². The van der Waals surface area contributed by atoms with Crippen LogP contribution in [0.4, 0.5) is 0 Å². The Morgan fingerprint density at radius 2 is 1.89 bits per heavy atom. The standard InChI is InChI=1S/C15H17ClN2O/c1-4-5-14-17-13(16)9-15(18-14)19-12-7-6-10(2)11(3)8-12/h6-9H,4-5H2,1-3H3.